The van der Waals surface area contributed by atoms with Crippen LogP contribution < -0.4 is 4.74 Å². The van der Waals surface area contributed by atoms with Crippen molar-refractivity contribution in [2.45, 2.75) is 33.4 Å². The first-order valence-electron chi connectivity index (χ1n) is 10.6. The second kappa shape index (κ2) is 8.19. The van der Waals surface area contributed by atoms with Crippen LogP contribution >= 0.6 is 0 Å². The molecule has 0 radical (unpaired) electrons. The molecule has 162 valence electrons. The van der Waals surface area contributed by atoms with Gasteiger partial charge in [0.2, 0.25) is 5.88 Å². The Morgan fingerprint density at radius 3 is 2.61 bits per heavy atom. The van der Waals surface area contributed by atoms with Crippen LogP contribution in [0.5, 0.6) is 5.88 Å². The second-order valence-corrected chi connectivity index (χ2v) is 8.52. The fourth-order valence-corrected chi connectivity index (χ4v) is 4.04. The van der Waals surface area contributed by atoms with Gasteiger partial charge in [-0.25, -0.2) is 4.68 Å². The number of aryl methyl sites for hydroxylation is 4. The summed E-state index contributed by atoms with van der Waals surface area (Å²) in [6.45, 7) is 12.0. The second-order valence-electron chi connectivity index (χ2n) is 8.52. The van der Waals surface area contributed by atoms with E-state index in [1.165, 1.54) is 11.3 Å². The fourth-order valence-electron chi connectivity index (χ4n) is 4.04. The van der Waals surface area contributed by atoms with Gasteiger partial charge in [-0.05, 0) is 62.2 Å². The van der Waals surface area contributed by atoms with E-state index in [0.29, 0.717) is 6.61 Å². The van der Waals surface area contributed by atoms with Crippen LogP contribution in [-0.2, 0) is 20.6 Å². The summed E-state index contributed by atoms with van der Waals surface area (Å²) in [4.78, 5) is 2.30. The Labute approximate surface area is 184 Å². The molecule has 0 fully saturated rings. The van der Waals surface area contributed by atoms with Gasteiger partial charge in [-0.15, -0.1) is 0 Å². The molecule has 3 heterocycles. The molecular weight excluding hydrogens is 386 g/mol. The molecule has 2 aromatic heterocycles. The monoisotopic (exact) mass is 417 g/mol. The average Bonchev–Trinajstić information content (AvgIpc) is 3.22. The van der Waals surface area contributed by atoms with E-state index in [4.69, 9.17) is 4.74 Å². The van der Waals surface area contributed by atoms with Crippen molar-refractivity contribution in [2.75, 3.05) is 13.7 Å². The number of benzene rings is 1. The molecule has 0 spiro atoms. The quantitative estimate of drug-likeness (QED) is 0.545. The van der Waals surface area contributed by atoms with Gasteiger partial charge < -0.3 is 4.74 Å². The first-order chi connectivity index (χ1) is 14.8. The predicted octanol–water partition coefficient (Wildman–Crippen LogP) is 4.38. The van der Waals surface area contributed by atoms with E-state index in [1.54, 1.807) is 0 Å². The van der Waals surface area contributed by atoms with Crippen molar-refractivity contribution >= 4 is 11.6 Å². The first kappa shape index (κ1) is 21.1. The van der Waals surface area contributed by atoms with Gasteiger partial charge in [0.1, 0.15) is 6.61 Å². The zero-order valence-corrected chi connectivity index (χ0v) is 19.3. The molecule has 0 aliphatic carbocycles. The van der Waals surface area contributed by atoms with Gasteiger partial charge in [-0.1, -0.05) is 24.8 Å². The third-order valence-electron chi connectivity index (χ3n) is 6.23. The lowest BCUT2D eigenvalue weighted by Crippen LogP contribution is -2.34. The summed E-state index contributed by atoms with van der Waals surface area (Å²) in [6, 6.07) is 6.77. The molecule has 1 aliphatic rings. The molecule has 0 saturated carbocycles. The van der Waals surface area contributed by atoms with Crippen LogP contribution in [0.3, 0.4) is 0 Å². The Hall–Kier alpha value is -3.12. The predicted molar refractivity (Wildman–Crippen MR) is 126 cm³/mol. The van der Waals surface area contributed by atoms with Crippen molar-refractivity contribution in [1.29, 1.82) is 0 Å². The number of hydrogen-bond acceptors (Lipinski definition) is 4. The summed E-state index contributed by atoms with van der Waals surface area (Å²) in [5.74, 6) is 0.781. The van der Waals surface area contributed by atoms with Crippen LogP contribution in [-0.4, -0.2) is 44.2 Å². The molecule has 6 nitrogen and oxygen atoms in total. The van der Waals surface area contributed by atoms with Crippen molar-refractivity contribution in [3.63, 3.8) is 0 Å². The van der Waals surface area contributed by atoms with Gasteiger partial charge in [0.05, 0.1) is 23.1 Å². The molecule has 1 aromatic carbocycles. The molecule has 3 aromatic rings. The van der Waals surface area contributed by atoms with Gasteiger partial charge in [-0.3, -0.25) is 9.58 Å². The maximum atomic E-state index is 6.26. The highest BCUT2D eigenvalue weighted by atomic mass is 16.5. The third-order valence-corrected chi connectivity index (χ3v) is 6.23. The molecule has 0 amide bonds. The van der Waals surface area contributed by atoms with Gasteiger partial charge in [0.15, 0.2) is 0 Å². The van der Waals surface area contributed by atoms with E-state index in [0.717, 1.165) is 45.9 Å². The lowest BCUT2D eigenvalue weighted by atomic mass is 9.95. The Morgan fingerprint density at radius 1 is 1.06 bits per heavy atom. The number of fused-ring (bicyclic) bond motifs is 5. The number of ether oxygens (including phenoxy) is 1. The van der Waals surface area contributed by atoms with E-state index in [1.807, 2.05) is 36.6 Å². The number of nitrogens with zero attached hydrogens (tertiary/aromatic N) is 5. The van der Waals surface area contributed by atoms with E-state index in [2.05, 4.69) is 72.9 Å². The van der Waals surface area contributed by atoms with E-state index >= 15 is 0 Å². The van der Waals surface area contributed by atoms with Gasteiger partial charge in [0.25, 0.3) is 0 Å². The highest BCUT2D eigenvalue weighted by molar-refractivity contribution is 5.82. The van der Waals surface area contributed by atoms with Crippen LogP contribution in [0.2, 0.25) is 0 Å². The molecule has 0 N–H and O–H groups in total. The molecule has 6 heteroatoms. The Bertz CT molecular complexity index is 1170. The van der Waals surface area contributed by atoms with Crippen molar-refractivity contribution < 1.29 is 4.74 Å². The molecule has 4 rings (SSSR count). The molecule has 0 unspecified atom stereocenters. The van der Waals surface area contributed by atoms with Gasteiger partial charge in [-0.2, -0.15) is 10.2 Å². The summed E-state index contributed by atoms with van der Waals surface area (Å²) in [5.41, 5.74) is 8.70. The third kappa shape index (κ3) is 3.95. The Kier molecular flexibility index (Phi) is 5.58. The van der Waals surface area contributed by atoms with Crippen molar-refractivity contribution in [1.82, 2.24) is 24.5 Å². The normalized spacial score (nSPS) is 18.5. The minimum atomic E-state index is 0.212. The molecule has 2 bridgehead atoms. The minimum Gasteiger partial charge on any atom is -0.476 e. The maximum Gasteiger partial charge on any atom is 0.219 e. The molecule has 0 saturated heterocycles. The molecule has 1 atom stereocenters. The van der Waals surface area contributed by atoms with E-state index in [9.17, 15) is 0 Å². The standard InChI is InChI=1S/C25H31N5O/c1-16-8-10-20-12-22(16)17(2)9-11-21-19(4)27-30(7)25(21)31-15-18(3)28(5)14-24-23(20)13-26-29(24)6/h8-13,18H,2,14-15H2,1,3-7H3/b11-9+/t18-/m0/s1. The Balaban J connectivity index is 1.86. The van der Waals surface area contributed by atoms with Crippen LogP contribution in [0.15, 0.2) is 37.1 Å². The van der Waals surface area contributed by atoms with Crippen LogP contribution in [0, 0.1) is 13.8 Å². The fraction of sp³-hybridized carbons (Fsp3) is 0.360. The highest BCUT2D eigenvalue weighted by Gasteiger charge is 2.20. The van der Waals surface area contributed by atoms with E-state index in [-0.39, 0.29) is 6.04 Å². The topological polar surface area (TPSA) is 48.1 Å². The zero-order valence-electron chi connectivity index (χ0n) is 19.3. The Morgan fingerprint density at radius 2 is 1.84 bits per heavy atom. The summed E-state index contributed by atoms with van der Waals surface area (Å²) in [7, 11) is 6.05. The smallest absolute Gasteiger partial charge is 0.219 e. The molecule has 31 heavy (non-hydrogen) atoms. The summed E-state index contributed by atoms with van der Waals surface area (Å²) in [6.07, 6.45) is 6.08. The number of allylic oxidation sites excluding steroid dienone is 2. The van der Waals surface area contributed by atoms with Crippen LogP contribution in [0.25, 0.3) is 22.8 Å². The largest absolute Gasteiger partial charge is 0.476 e. The van der Waals surface area contributed by atoms with Crippen LogP contribution in [0.4, 0.5) is 0 Å². The first-order valence-corrected chi connectivity index (χ1v) is 10.6. The highest BCUT2D eigenvalue weighted by Crippen LogP contribution is 2.31. The van der Waals surface area contributed by atoms with Crippen molar-refractivity contribution in [3.8, 4) is 17.0 Å². The SMILES string of the molecule is C=C1/C=C/c2c(C)nn(C)c2OC[C@H](C)N(C)Cc2c(cnn2C)-c2ccc(C)c1c2. The summed E-state index contributed by atoms with van der Waals surface area (Å²) in [5, 5.41) is 9.12. The summed E-state index contributed by atoms with van der Waals surface area (Å²) >= 11 is 0. The average molecular weight is 418 g/mol. The number of rotatable bonds is 0. The number of likely N-dealkylation sites (N-methyl/N-ethyl adjacent to an activating group) is 1. The van der Waals surface area contributed by atoms with Crippen molar-refractivity contribution in [2.24, 2.45) is 14.1 Å². The van der Waals surface area contributed by atoms with Gasteiger partial charge >= 0.3 is 0 Å². The zero-order chi connectivity index (χ0) is 22.3. The van der Waals surface area contributed by atoms with E-state index < -0.39 is 0 Å². The minimum absolute atomic E-state index is 0.212. The lowest BCUT2D eigenvalue weighted by molar-refractivity contribution is 0.157. The van der Waals surface area contributed by atoms with Crippen molar-refractivity contribution in [3.05, 3.63) is 65.1 Å². The number of aromatic nitrogens is 4. The lowest BCUT2D eigenvalue weighted by Gasteiger charge is -2.25. The van der Waals surface area contributed by atoms with Crippen LogP contribution in [0.1, 0.15) is 35.0 Å². The molecule has 1 aliphatic heterocycles. The maximum absolute atomic E-state index is 6.26. The molecular formula is C25H31N5O. The number of hydrogen-bond donors (Lipinski definition) is 0. The van der Waals surface area contributed by atoms with Gasteiger partial charge in [0, 0.05) is 32.2 Å². The summed E-state index contributed by atoms with van der Waals surface area (Å²) < 4.78 is 10.0.